The lowest BCUT2D eigenvalue weighted by atomic mass is 10.1. The molecule has 8 heteroatoms. The Morgan fingerprint density at radius 2 is 2.07 bits per heavy atom. The Balaban J connectivity index is 1.61. The van der Waals surface area contributed by atoms with E-state index in [0.717, 1.165) is 39.2 Å². The van der Waals surface area contributed by atoms with Crippen LogP contribution in [-0.4, -0.2) is 46.5 Å². The van der Waals surface area contributed by atoms with Gasteiger partial charge in [0.1, 0.15) is 5.75 Å². The fourth-order valence-electron chi connectivity index (χ4n) is 3.42. The maximum absolute atomic E-state index is 11.4. The summed E-state index contributed by atoms with van der Waals surface area (Å²) in [5, 5.41) is 10.8. The Kier molecular flexibility index (Phi) is 5.80. The van der Waals surface area contributed by atoms with Gasteiger partial charge in [-0.15, -0.1) is 0 Å². The number of halogens is 1. The van der Waals surface area contributed by atoms with Crippen molar-refractivity contribution in [3.63, 3.8) is 0 Å². The van der Waals surface area contributed by atoms with Gasteiger partial charge in [-0.25, -0.2) is 4.99 Å². The van der Waals surface area contributed by atoms with Crippen LogP contribution in [0.2, 0.25) is 5.02 Å². The smallest absolute Gasteiger partial charge is 0.308 e. The number of hydrogen-bond donors (Lipinski definition) is 1. The molecule has 4 rings (SSSR count). The van der Waals surface area contributed by atoms with Crippen molar-refractivity contribution in [2.45, 2.75) is 13.0 Å². The number of aliphatic carboxylic acids is 1. The Labute approximate surface area is 178 Å². The third kappa shape index (κ3) is 4.42. The van der Waals surface area contributed by atoms with Crippen LogP contribution in [0.4, 0.5) is 0 Å². The van der Waals surface area contributed by atoms with Gasteiger partial charge in [0.2, 0.25) is 0 Å². The molecule has 2 aromatic carbocycles. The van der Waals surface area contributed by atoms with Crippen molar-refractivity contribution in [1.29, 1.82) is 0 Å². The van der Waals surface area contributed by atoms with Gasteiger partial charge in [-0.2, -0.15) is 0 Å². The van der Waals surface area contributed by atoms with E-state index in [-0.39, 0.29) is 6.42 Å². The molecule has 0 atom stereocenters. The first-order valence-corrected chi connectivity index (χ1v) is 10.3. The molecule has 29 heavy (non-hydrogen) atoms. The number of hydrogen-bond acceptors (Lipinski definition) is 6. The molecule has 0 aromatic heterocycles. The lowest BCUT2D eigenvalue weighted by molar-refractivity contribution is -0.136. The quantitative estimate of drug-likeness (QED) is 0.737. The van der Waals surface area contributed by atoms with Gasteiger partial charge in [0.05, 0.1) is 32.6 Å². The third-order valence-electron chi connectivity index (χ3n) is 4.70. The SMILES string of the molecule is COc1cccc(CN2CN=C3SC(CC(=O)O)=C(c4ccc(Cl)cc4)N3C2)c1. The lowest BCUT2D eigenvalue weighted by Gasteiger charge is -2.33. The highest BCUT2D eigenvalue weighted by Gasteiger charge is 2.34. The Morgan fingerprint density at radius 1 is 1.28 bits per heavy atom. The van der Waals surface area contributed by atoms with E-state index in [0.29, 0.717) is 18.4 Å². The highest BCUT2D eigenvalue weighted by Crippen LogP contribution is 2.43. The van der Waals surface area contributed by atoms with Crippen LogP contribution < -0.4 is 4.74 Å². The third-order valence-corrected chi connectivity index (χ3v) is 6.06. The summed E-state index contributed by atoms with van der Waals surface area (Å²) in [5.41, 5.74) is 2.97. The fourth-order valence-corrected chi connectivity index (χ4v) is 4.67. The molecular weight excluding hydrogens is 410 g/mol. The van der Waals surface area contributed by atoms with E-state index in [1.807, 2.05) is 42.5 Å². The second-order valence-electron chi connectivity index (χ2n) is 6.78. The number of thioether (sulfide) groups is 1. The number of methoxy groups -OCH3 is 1. The number of amidine groups is 1. The Bertz CT molecular complexity index is 991. The van der Waals surface area contributed by atoms with Crippen molar-refractivity contribution in [3.8, 4) is 5.75 Å². The van der Waals surface area contributed by atoms with Crippen molar-refractivity contribution in [1.82, 2.24) is 9.80 Å². The summed E-state index contributed by atoms with van der Waals surface area (Å²) in [6, 6.07) is 15.5. The van der Waals surface area contributed by atoms with E-state index < -0.39 is 5.97 Å². The normalized spacial score (nSPS) is 16.6. The average molecular weight is 430 g/mol. The van der Waals surface area contributed by atoms with Crippen LogP contribution in [0, 0.1) is 0 Å². The zero-order valence-electron chi connectivity index (χ0n) is 15.8. The van der Waals surface area contributed by atoms with E-state index >= 15 is 0 Å². The number of rotatable bonds is 6. The lowest BCUT2D eigenvalue weighted by Crippen LogP contribution is -2.42. The molecule has 0 aliphatic carbocycles. The number of benzene rings is 2. The molecule has 0 fully saturated rings. The minimum Gasteiger partial charge on any atom is -0.497 e. The van der Waals surface area contributed by atoms with Gasteiger partial charge in [-0.05, 0) is 35.4 Å². The standard InChI is InChI=1S/C21H20ClN3O3S/c1-28-17-4-2-3-14(9-17)11-24-12-23-21-25(13-24)20(18(29-21)10-19(26)27)15-5-7-16(22)8-6-15/h2-9H,10-13H2,1H3,(H,26,27). The predicted molar refractivity (Wildman–Crippen MR) is 116 cm³/mol. The summed E-state index contributed by atoms with van der Waals surface area (Å²) < 4.78 is 5.32. The summed E-state index contributed by atoms with van der Waals surface area (Å²) in [4.78, 5) is 21.2. The van der Waals surface area contributed by atoms with Crippen LogP contribution in [0.5, 0.6) is 5.75 Å². The van der Waals surface area contributed by atoms with Crippen LogP contribution in [-0.2, 0) is 11.3 Å². The number of aliphatic imine (C=N–C) groups is 1. The maximum atomic E-state index is 11.4. The van der Waals surface area contributed by atoms with Gasteiger partial charge in [-0.1, -0.05) is 47.6 Å². The van der Waals surface area contributed by atoms with E-state index in [1.54, 1.807) is 7.11 Å². The molecule has 6 nitrogen and oxygen atoms in total. The molecule has 150 valence electrons. The van der Waals surface area contributed by atoms with Crippen molar-refractivity contribution in [2.75, 3.05) is 20.4 Å². The molecule has 0 radical (unpaired) electrons. The van der Waals surface area contributed by atoms with Crippen molar-refractivity contribution >= 4 is 40.2 Å². The molecule has 1 N–H and O–H groups in total. The van der Waals surface area contributed by atoms with E-state index in [4.69, 9.17) is 21.3 Å². The molecule has 0 amide bonds. The van der Waals surface area contributed by atoms with Gasteiger partial charge >= 0.3 is 5.97 Å². The summed E-state index contributed by atoms with van der Waals surface area (Å²) in [7, 11) is 1.66. The molecule has 0 bridgehead atoms. The first-order valence-electron chi connectivity index (χ1n) is 9.09. The average Bonchev–Trinajstić information content (AvgIpc) is 3.05. The van der Waals surface area contributed by atoms with Crippen molar-refractivity contribution in [2.24, 2.45) is 4.99 Å². The monoisotopic (exact) mass is 429 g/mol. The number of ether oxygens (including phenoxy) is 1. The summed E-state index contributed by atoms with van der Waals surface area (Å²) in [6.07, 6.45) is -0.0337. The van der Waals surface area contributed by atoms with Crippen LogP contribution in [0.1, 0.15) is 17.5 Å². The van der Waals surface area contributed by atoms with E-state index in [1.165, 1.54) is 11.8 Å². The van der Waals surface area contributed by atoms with E-state index in [2.05, 4.69) is 15.9 Å². The number of nitrogens with zero attached hydrogens (tertiary/aromatic N) is 3. The largest absolute Gasteiger partial charge is 0.497 e. The first-order chi connectivity index (χ1) is 14.0. The highest BCUT2D eigenvalue weighted by atomic mass is 35.5. The Hall–Kier alpha value is -2.48. The summed E-state index contributed by atoms with van der Waals surface area (Å²) in [6.45, 7) is 1.91. The van der Waals surface area contributed by atoms with Gasteiger partial charge in [0.25, 0.3) is 0 Å². The second-order valence-corrected chi connectivity index (χ2v) is 8.28. The predicted octanol–water partition coefficient (Wildman–Crippen LogP) is 4.33. The minimum absolute atomic E-state index is 0.0337. The molecule has 0 saturated heterocycles. The van der Waals surface area contributed by atoms with Crippen LogP contribution in [0.25, 0.3) is 5.70 Å². The molecule has 0 saturated carbocycles. The molecule has 2 aliphatic heterocycles. The van der Waals surface area contributed by atoms with Crippen molar-refractivity contribution in [3.05, 3.63) is 69.6 Å². The molecule has 2 aromatic rings. The highest BCUT2D eigenvalue weighted by molar-refractivity contribution is 8.17. The van der Waals surface area contributed by atoms with Gasteiger partial charge in [0.15, 0.2) is 5.17 Å². The summed E-state index contributed by atoms with van der Waals surface area (Å²) in [5.74, 6) is -0.0291. The molecule has 2 aliphatic rings. The maximum Gasteiger partial charge on any atom is 0.308 e. The fraction of sp³-hybridized carbons (Fsp3) is 0.238. The number of fused-ring (bicyclic) bond motifs is 1. The number of carboxylic acids is 1. The molecule has 0 spiro atoms. The molecular formula is C21H20ClN3O3S. The molecule has 2 heterocycles. The Morgan fingerprint density at radius 3 is 2.79 bits per heavy atom. The molecule has 0 unspecified atom stereocenters. The van der Waals surface area contributed by atoms with Crippen LogP contribution in [0.15, 0.2) is 58.4 Å². The number of carbonyl (C=O) groups is 1. The van der Waals surface area contributed by atoms with Crippen molar-refractivity contribution < 1.29 is 14.6 Å². The second kappa shape index (κ2) is 8.49. The zero-order valence-corrected chi connectivity index (χ0v) is 17.4. The van der Waals surface area contributed by atoms with Gasteiger partial charge in [0, 0.05) is 16.5 Å². The van der Waals surface area contributed by atoms with Gasteiger partial charge in [-0.3, -0.25) is 9.69 Å². The minimum atomic E-state index is -0.854. The van der Waals surface area contributed by atoms with Crippen LogP contribution in [0.3, 0.4) is 0 Å². The summed E-state index contributed by atoms with van der Waals surface area (Å²) >= 11 is 7.48. The van der Waals surface area contributed by atoms with E-state index in [9.17, 15) is 9.90 Å². The van der Waals surface area contributed by atoms with Crippen LogP contribution >= 0.6 is 23.4 Å². The van der Waals surface area contributed by atoms with Gasteiger partial charge < -0.3 is 14.7 Å². The zero-order chi connectivity index (χ0) is 20.4. The topological polar surface area (TPSA) is 65.4 Å². The first kappa shape index (κ1) is 19.8. The number of carboxylic acid groups (broad SMARTS) is 1.